The van der Waals surface area contributed by atoms with E-state index in [2.05, 4.69) is 27.9 Å². The van der Waals surface area contributed by atoms with Crippen LogP contribution in [-0.2, 0) is 11.2 Å². The smallest absolute Gasteiger partial charge is 0.139 e. The number of ether oxygens (including phenoxy) is 1. The van der Waals surface area contributed by atoms with Gasteiger partial charge in [-0.1, -0.05) is 6.08 Å². The number of aromatic nitrogens is 2. The highest BCUT2D eigenvalue weighted by atomic mass is 16.5. The van der Waals surface area contributed by atoms with Crippen LogP contribution >= 0.6 is 0 Å². The molecule has 1 aliphatic rings. The highest BCUT2D eigenvalue weighted by molar-refractivity contribution is 5.62. The van der Waals surface area contributed by atoms with Crippen LogP contribution in [0.1, 0.15) is 29.3 Å². The van der Waals surface area contributed by atoms with Crippen molar-refractivity contribution in [2.75, 3.05) is 11.9 Å². The fourth-order valence-electron chi connectivity index (χ4n) is 2.60. The zero-order chi connectivity index (χ0) is 15.4. The van der Waals surface area contributed by atoms with Crippen LogP contribution in [0.3, 0.4) is 0 Å². The number of aryl methyl sites for hydroxylation is 1. The van der Waals surface area contributed by atoms with Gasteiger partial charge in [0.05, 0.1) is 30.0 Å². The van der Waals surface area contributed by atoms with Crippen molar-refractivity contribution in [3.8, 4) is 6.07 Å². The van der Waals surface area contributed by atoms with Crippen LogP contribution in [0.25, 0.3) is 0 Å². The molecule has 1 unspecified atom stereocenters. The van der Waals surface area contributed by atoms with Crippen molar-refractivity contribution in [3.63, 3.8) is 0 Å². The minimum Gasteiger partial charge on any atom is -0.369 e. The van der Waals surface area contributed by atoms with Gasteiger partial charge in [0.25, 0.3) is 0 Å². The minimum absolute atomic E-state index is 0.00455. The fraction of sp³-hybridized carbons (Fsp3) is 0.235. The van der Waals surface area contributed by atoms with Gasteiger partial charge in [-0.15, -0.1) is 6.58 Å². The van der Waals surface area contributed by atoms with E-state index in [1.165, 1.54) is 0 Å². The van der Waals surface area contributed by atoms with Crippen LogP contribution in [0.4, 0.5) is 11.5 Å². The SMILES string of the molecule is C=CCOC1CCc2ncnc(Nc3ccc(C#N)cc3)c21. The number of hydrogen-bond acceptors (Lipinski definition) is 5. The maximum atomic E-state index is 8.85. The van der Waals surface area contributed by atoms with Gasteiger partial charge < -0.3 is 10.1 Å². The minimum atomic E-state index is -0.00455. The number of nitrogens with zero attached hydrogens (tertiary/aromatic N) is 3. The number of fused-ring (bicyclic) bond motifs is 1. The van der Waals surface area contributed by atoms with Gasteiger partial charge in [0.15, 0.2) is 0 Å². The first-order valence-electron chi connectivity index (χ1n) is 7.15. The summed E-state index contributed by atoms with van der Waals surface area (Å²) in [6.45, 7) is 4.20. The van der Waals surface area contributed by atoms with E-state index < -0.39 is 0 Å². The summed E-state index contributed by atoms with van der Waals surface area (Å²) in [6, 6.07) is 9.38. The van der Waals surface area contributed by atoms with Gasteiger partial charge >= 0.3 is 0 Å². The van der Waals surface area contributed by atoms with Gasteiger partial charge in [-0.3, -0.25) is 0 Å². The van der Waals surface area contributed by atoms with Crippen LogP contribution < -0.4 is 5.32 Å². The first kappa shape index (κ1) is 14.2. The summed E-state index contributed by atoms with van der Waals surface area (Å²) in [7, 11) is 0. The first-order chi connectivity index (χ1) is 10.8. The molecule has 2 aromatic rings. The molecule has 0 aliphatic heterocycles. The molecular formula is C17H16N4O. The molecule has 0 saturated carbocycles. The van der Waals surface area contributed by atoms with Crippen molar-refractivity contribution < 1.29 is 4.74 Å². The molecule has 0 spiro atoms. The summed E-state index contributed by atoms with van der Waals surface area (Å²) in [5.41, 5.74) is 3.56. The van der Waals surface area contributed by atoms with Crippen molar-refractivity contribution in [3.05, 3.63) is 60.1 Å². The Labute approximate surface area is 129 Å². The van der Waals surface area contributed by atoms with Crippen LogP contribution in [0.15, 0.2) is 43.2 Å². The highest BCUT2D eigenvalue weighted by Crippen LogP contribution is 2.37. The molecule has 5 heteroatoms. The second-order valence-electron chi connectivity index (χ2n) is 5.05. The zero-order valence-electron chi connectivity index (χ0n) is 12.1. The van der Waals surface area contributed by atoms with E-state index in [1.807, 2.05) is 12.1 Å². The maximum absolute atomic E-state index is 8.85. The Bertz CT molecular complexity index is 718. The summed E-state index contributed by atoms with van der Waals surface area (Å²) in [5, 5.41) is 12.1. The number of hydrogen-bond donors (Lipinski definition) is 1. The molecule has 0 bridgehead atoms. The van der Waals surface area contributed by atoms with Gasteiger partial charge in [0, 0.05) is 11.3 Å². The van der Waals surface area contributed by atoms with Gasteiger partial charge in [-0.25, -0.2) is 9.97 Å². The summed E-state index contributed by atoms with van der Waals surface area (Å²) < 4.78 is 5.81. The van der Waals surface area contributed by atoms with Crippen molar-refractivity contribution in [2.24, 2.45) is 0 Å². The normalized spacial score (nSPS) is 15.9. The second kappa shape index (κ2) is 6.37. The number of benzene rings is 1. The molecule has 0 amide bonds. The summed E-state index contributed by atoms with van der Waals surface area (Å²) in [5.74, 6) is 0.765. The third kappa shape index (κ3) is 2.83. The number of anilines is 2. The molecule has 1 atom stereocenters. The second-order valence-corrected chi connectivity index (χ2v) is 5.05. The molecule has 1 aromatic carbocycles. The maximum Gasteiger partial charge on any atom is 0.139 e. The van der Waals surface area contributed by atoms with Crippen LogP contribution in [0, 0.1) is 11.3 Å². The Morgan fingerprint density at radius 1 is 1.36 bits per heavy atom. The van der Waals surface area contributed by atoms with E-state index in [9.17, 15) is 0 Å². The van der Waals surface area contributed by atoms with Crippen LogP contribution in [0.2, 0.25) is 0 Å². The van der Waals surface area contributed by atoms with E-state index in [0.717, 1.165) is 35.6 Å². The lowest BCUT2D eigenvalue weighted by Crippen LogP contribution is -2.06. The van der Waals surface area contributed by atoms with Gasteiger partial charge in [0.2, 0.25) is 0 Å². The predicted molar refractivity (Wildman–Crippen MR) is 83.7 cm³/mol. The third-order valence-corrected chi connectivity index (χ3v) is 3.62. The highest BCUT2D eigenvalue weighted by Gasteiger charge is 2.28. The Morgan fingerprint density at radius 2 is 2.18 bits per heavy atom. The molecule has 110 valence electrons. The molecule has 1 heterocycles. The van der Waals surface area contributed by atoms with Crippen molar-refractivity contribution in [2.45, 2.75) is 18.9 Å². The molecule has 0 radical (unpaired) electrons. The topological polar surface area (TPSA) is 70.8 Å². The van der Waals surface area contributed by atoms with E-state index in [0.29, 0.717) is 12.2 Å². The van der Waals surface area contributed by atoms with E-state index in [-0.39, 0.29) is 6.10 Å². The Morgan fingerprint density at radius 3 is 2.91 bits per heavy atom. The molecule has 0 fully saturated rings. The number of rotatable bonds is 5. The van der Waals surface area contributed by atoms with Gasteiger partial charge in [-0.05, 0) is 37.1 Å². The fourth-order valence-corrected chi connectivity index (χ4v) is 2.60. The van der Waals surface area contributed by atoms with E-state index in [4.69, 9.17) is 10.00 Å². The Balaban J connectivity index is 1.86. The average molecular weight is 292 g/mol. The van der Waals surface area contributed by atoms with Crippen molar-refractivity contribution in [1.82, 2.24) is 9.97 Å². The summed E-state index contributed by atoms with van der Waals surface area (Å²) in [4.78, 5) is 8.70. The third-order valence-electron chi connectivity index (χ3n) is 3.62. The lowest BCUT2D eigenvalue weighted by Gasteiger charge is -2.15. The summed E-state index contributed by atoms with van der Waals surface area (Å²) in [6.07, 6.45) is 5.11. The molecule has 3 rings (SSSR count). The lowest BCUT2D eigenvalue weighted by atomic mass is 10.2. The standard InChI is InChI=1S/C17H16N4O/c1-2-9-22-15-8-7-14-16(15)17(20-11-19-14)21-13-5-3-12(10-18)4-6-13/h2-6,11,15H,1,7-9H2,(H,19,20,21). The van der Waals surface area contributed by atoms with Crippen molar-refractivity contribution in [1.29, 1.82) is 5.26 Å². The van der Waals surface area contributed by atoms with Crippen LogP contribution in [0.5, 0.6) is 0 Å². The monoisotopic (exact) mass is 292 g/mol. The predicted octanol–water partition coefficient (Wildman–Crippen LogP) is 3.28. The molecule has 0 saturated heterocycles. The Kier molecular flexibility index (Phi) is 4.12. The van der Waals surface area contributed by atoms with Crippen molar-refractivity contribution >= 4 is 11.5 Å². The molecular weight excluding hydrogens is 276 g/mol. The summed E-state index contributed by atoms with van der Waals surface area (Å²) >= 11 is 0. The largest absolute Gasteiger partial charge is 0.369 e. The van der Waals surface area contributed by atoms with E-state index >= 15 is 0 Å². The molecule has 5 nitrogen and oxygen atoms in total. The van der Waals surface area contributed by atoms with Gasteiger partial charge in [-0.2, -0.15) is 5.26 Å². The molecule has 1 N–H and O–H groups in total. The Hall–Kier alpha value is -2.71. The number of nitrogens with one attached hydrogen (secondary N) is 1. The lowest BCUT2D eigenvalue weighted by molar-refractivity contribution is 0.0761. The zero-order valence-corrected chi connectivity index (χ0v) is 12.1. The van der Waals surface area contributed by atoms with Gasteiger partial charge in [0.1, 0.15) is 12.1 Å². The average Bonchev–Trinajstić information content (AvgIpc) is 2.98. The molecule has 22 heavy (non-hydrogen) atoms. The first-order valence-corrected chi connectivity index (χ1v) is 7.15. The number of nitriles is 1. The quantitative estimate of drug-likeness (QED) is 0.856. The van der Waals surface area contributed by atoms with E-state index in [1.54, 1.807) is 24.5 Å². The molecule has 1 aromatic heterocycles. The van der Waals surface area contributed by atoms with Crippen LogP contribution in [-0.4, -0.2) is 16.6 Å². The molecule has 1 aliphatic carbocycles.